The van der Waals surface area contributed by atoms with E-state index in [4.69, 9.17) is 11.6 Å². The maximum absolute atomic E-state index is 12.8. The third-order valence-electron chi connectivity index (χ3n) is 3.43. The maximum Gasteiger partial charge on any atom is 0.453 e. The predicted octanol–water partition coefficient (Wildman–Crippen LogP) is 4.15. The standard InChI is InChI=1S/C13H12ClF3N4S/c1-18-12-19-11(13(15,16)17)20-21(12)9-5-10(22)7(4-8(9)14)6-2-3-6/h4-6,22H,2-3H2,1H3,(H,18,19,20). The summed E-state index contributed by atoms with van der Waals surface area (Å²) in [6.45, 7) is 0. The number of aromatic nitrogens is 3. The Labute approximate surface area is 135 Å². The lowest BCUT2D eigenvalue weighted by Gasteiger charge is -2.11. The Balaban J connectivity index is 2.11. The third kappa shape index (κ3) is 2.77. The van der Waals surface area contributed by atoms with Gasteiger partial charge in [0, 0.05) is 11.9 Å². The topological polar surface area (TPSA) is 42.7 Å². The SMILES string of the molecule is CNc1nc(C(F)(F)F)nn1-c1cc(S)c(C2CC2)cc1Cl. The number of hydrogen-bond donors (Lipinski definition) is 2. The van der Waals surface area contributed by atoms with Crippen LogP contribution in [0.25, 0.3) is 5.69 Å². The molecule has 0 spiro atoms. The molecule has 0 aliphatic heterocycles. The van der Waals surface area contributed by atoms with Gasteiger partial charge in [-0.2, -0.15) is 22.8 Å². The highest BCUT2D eigenvalue weighted by atomic mass is 35.5. The van der Waals surface area contributed by atoms with Gasteiger partial charge in [0.05, 0.1) is 10.7 Å². The van der Waals surface area contributed by atoms with Gasteiger partial charge in [-0.15, -0.1) is 17.7 Å². The molecule has 1 aliphatic carbocycles. The van der Waals surface area contributed by atoms with Crippen LogP contribution in [-0.4, -0.2) is 21.8 Å². The molecule has 1 aromatic heterocycles. The Morgan fingerprint density at radius 2 is 2.05 bits per heavy atom. The van der Waals surface area contributed by atoms with Crippen molar-refractivity contribution in [1.82, 2.24) is 14.8 Å². The second-order valence-electron chi connectivity index (χ2n) is 5.06. The van der Waals surface area contributed by atoms with Crippen LogP contribution in [0.1, 0.15) is 30.1 Å². The summed E-state index contributed by atoms with van der Waals surface area (Å²) in [5, 5.41) is 6.42. The summed E-state index contributed by atoms with van der Waals surface area (Å²) in [4.78, 5) is 4.14. The van der Waals surface area contributed by atoms with E-state index in [1.54, 1.807) is 12.1 Å². The van der Waals surface area contributed by atoms with Crippen molar-refractivity contribution in [1.29, 1.82) is 0 Å². The molecule has 3 rings (SSSR count). The van der Waals surface area contributed by atoms with Gasteiger partial charge >= 0.3 is 6.18 Å². The number of nitrogens with one attached hydrogen (secondary N) is 1. The summed E-state index contributed by atoms with van der Waals surface area (Å²) in [5.41, 5.74) is 1.32. The molecule has 1 aromatic carbocycles. The quantitative estimate of drug-likeness (QED) is 0.819. The van der Waals surface area contributed by atoms with Crippen molar-refractivity contribution in [3.63, 3.8) is 0 Å². The monoisotopic (exact) mass is 348 g/mol. The largest absolute Gasteiger partial charge is 0.453 e. The van der Waals surface area contributed by atoms with Crippen LogP contribution < -0.4 is 5.32 Å². The van der Waals surface area contributed by atoms with Crippen LogP contribution in [0.3, 0.4) is 0 Å². The van der Waals surface area contributed by atoms with Gasteiger partial charge in [0.2, 0.25) is 5.95 Å². The average molecular weight is 349 g/mol. The molecular weight excluding hydrogens is 337 g/mol. The molecule has 0 radical (unpaired) electrons. The van der Waals surface area contributed by atoms with Crippen molar-refractivity contribution >= 4 is 30.2 Å². The number of thiol groups is 1. The molecule has 0 unspecified atom stereocenters. The van der Waals surface area contributed by atoms with E-state index in [2.05, 4.69) is 28.0 Å². The average Bonchev–Trinajstić information content (AvgIpc) is 3.18. The predicted molar refractivity (Wildman–Crippen MR) is 80.1 cm³/mol. The van der Waals surface area contributed by atoms with Gasteiger partial charge in [0.1, 0.15) is 0 Å². The first-order chi connectivity index (χ1) is 10.3. The third-order valence-corrected chi connectivity index (χ3v) is 4.12. The van der Waals surface area contributed by atoms with Crippen molar-refractivity contribution in [3.05, 3.63) is 28.5 Å². The Kier molecular flexibility index (Phi) is 3.76. The van der Waals surface area contributed by atoms with Gasteiger partial charge in [0.15, 0.2) is 0 Å². The number of halogens is 4. The van der Waals surface area contributed by atoms with Crippen molar-refractivity contribution < 1.29 is 13.2 Å². The van der Waals surface area contributed by atoms with Crippen LogP contribution in [0.15, 0.2) is 17.0 Å². The Hall–Kier alpha value is -1.41. The van der Waals surface area contributed by atoms with Crippen LogP contribution >= 0.6 is 24.2 Å². The fraction of sp³-hybridized carbons (Fsp3) is 0.385. The number of hydrogen-bond acceptors (Lipinski definition) is 4. The smallest absolute Gasteiger partial charge is 0.357 e. The molecule has 118 valence electrons. The summed E-state index contributed by atoms with van der Waals surface area (Å²) in [6.07, 6.45) is -2.47. The number of alkyl halides is 3. The molecule has 1 aliphatic rings. The van der Waals surface area contributed by atoms with Crippen LogP contribution in [0, 0.1) is 0 Å². The first-order valence-corrected chi connectivity index (χ1v) is 7.38. The molecule has 1 heterocycles. The summed E-state index contributed by atoms with van der Waals surface area (Å²) in [7, 11) is 1.47. The lowest BCUT2D eigenvalue weighted by molar-refractivity contribution is -0.144. The fourth-order valence-electron chi connectivity index (χ4n) is 2.21. The van der Waals surface area contributed by atoms with Gasteiger partial charge in [-0.05, 0) is 36.5 Å². The van der Waals surface area contributed by atoms with Crippen molar-refractivity contribution in [2.75, 3.05) is 12.4 Å². The Bertz CT molecular complexity index is 725. The minimum Gasteiger partial charge on any atom is -0.357 e. The van der Waals surface area contributed by atoms with Crippen molar-refractivity contribution in [3.8, 4) is 5.69 Å². The van der Waals surface area contributed by atoms with Crippen molar-refractivity contribution in [2.24, 2.45) is 0 Å². The minimum absolute atomic E-state index is 0.0406. The molecule has 1 N–H and O–H groups in total. The summed E-state index contributed by atoms with van der Waals surface area (Å²) in [6, 6.07) is 3.36. The molecule has 4 nitrogen and oxygen atoms in total. The summed E-state index contributed by atoms with van der Waals surface area (Å²) >= 11 is 10.6. The number of nitrogens with zero attached hydrogens (tertiary/aromatic N) is 3. The zero-order valence-electron chi connectivity index (χ0n) is 11.4. The Morgan fingerprint density at radius 3 is 2.59 bits per heavy atom. The van der Waals surface area contributed by atoms with E-state index in [0.717, 1.165) is 23.1 Å². The molecule has 0 saturated heterocycles. The second-order valence-corrected chi connectivity index (χ2v) is 5.94. The van der Waals surface area contributed by atoms with Gasteiger partial charge < -0.3 is 5.32 Å². The summed E-state index contributed by atoms with van der Waals surface area (Å²) in [5.74, 6) is -0.828. The molecule has 1 fully saturated rings. The van der Waals surface area contributed by atoms with Gasteiger partial charge in [-0.1, -0.05) is 11.6 Å². The van der Waals surface area contributed by atoms with E-state index in [1.165, 1.54) is 7.05 Å². The fourth-order valence-corrected chi connectivity index (χ4v) is 2.83. The lowest BCUT2D eigenvalue weighted by Crippen LogP contribution is -2.09. The first kappa shape index (κ1) is 15.5. The highest BCUT2D eigenvalue weighted by Crippen LogP contribution is 2.44. The highest BCUT2D eigenvalue weighted by molar-refractivity contribution is 7.80. The molecular formula is C13H12ClF3N4S. The van der Waals surface area contributed by atoms with E-state index >= 15 is 0 Å². The molecule has 1 saturated carbocycles. The molecule has 0 bridgehead atoms. The van der Waals surface area contributed by atoms with E-state index in [9.17, 15) is 13.2 Å². The van der Waals surface area contributed by atoms with E-state index in [-0.39, 0.29) is 5.95 Å². The van der Waals surface area contributed by atoms with Crippen LogP contribution in [0.5, 0.6) is 0 Å². The second kappa shape index (κ2) is 5.34. The van der Waals surface area contributed by atoms with Gasteiger partial charge in [-0.3, -0.25) is 0 Å². The molecule has 0 amide bonds. The van der Waals surface area contributed by atoms with E-state index in [0.29, 0.717) is 21.5 Å². The lowest BCUT2D eigenvalue weighted by atomic mass is 10.1. The highest BCUT2D eigenvalue weighted by Gasteiger charge is 2.37. The van der Waals surface area contributed by atoms with E-state index < -0.39 is 12.0 Å². The minimum atomic E-state index is -4.62. The molecule has 0 atom stereocenters. The molecule has 9 heteroatoms. The van der Waals surface area contributed by atoms with Crippen LogP contribution in [0.4, 0.5) is 19.1 Å². The van der Waals surface area contributed by atoms with Crippen molar-refractivity contribution in [2.45, 2.75) is 29.8 Å². The first-order valence-electron chi connectivity index (χ1n) is 6.56. The van der Waals surface area contributed by atoms with Gasteiger partial charge in [-0.25, -0.2) is 0 Å². The zero-order valence-corrected chi connectivity index (χ0v) is 13.1. The normalized spacial score (nSPS) is 15.2. The number of anilines is 1. The number of rotatable bonds is 3. The molecule has 2 aromatic rings. The van der Waals surface area contributed by atoms with E-state index in [1.807, 2.05) is 0 Å². The van der Waals surface area contributed by atoms with Crippen LogP contribution in [0.2, 0.25) is 5.02 Å². The molecule has 22 heavy (non-hydrogen) atoms. The van der Waals surface area contributed by atoms with Crippen LogP contribution in [-0.2, 0) is 6.18 Å². The van der Waals surface area contributed by atoms with Gasteiger partial charge in [0.25, 0.3) is 5.82 Å². The number of benzene rings is 1. The Morgan fingerprint density at radius 1 is 1.36 bits per heavy atom. The zero-order chi connectivity index (χ0) is 16.1. The summed E-state index contributed by atoms with van der Waals surface area (Å²) < 4.78 is 39.4. The maximum atomic E-state index is 12.8.